The molecule has 2 aromatic carbocycles. The van der Waals surface area contributed by atoms with Crippen LogP contribution < -0.4 is 14.8 Å². The number of carbonyl (C=O) groups excluding carboxylic acids is 1. The van der Waals surface area contributed by atoms with Gasteiger partial charge in [0.15, 0.2) is 11.5 Å². The molecule has 0 spiro atoms. The van der Waals surface area contributed by atoms with Crippen LogP contribution in [0.2, 0.25) is 5.02 Å². The molecule has 27 heavy (non-hydrogen) atoms. The van der Waals surface area contributed by atoms with Gasteiger partial charge in [-0.25, -0.2) is 4.79 Å². The van der Waals surface area contributed by atoms with Crippen LogP contribution in [0.3, 0.4) is 0 Å². The number of ether oxygens (including phenoxy) is 3. The van der Waals surface area contributed by atoms with Crippen molar-refractivity contribution in [2.75, 3.05) is 26.1 Å². The maximum Gasteiger partial charge on any atom is 0.335 e. The number of carboxylic acid groups (broad SMARTS) is 1. The summed E-state index contributed by atoms with van der Waals surface area (Å²) < 4.78 is 15.7. The lowest BCUT2D eigenvalue weighted by Crippen LogP contribution is -2.13. The number of aromatic carboxylic acids is 1. The molecule has 0 saturated heterocycles. The van der Waals surface area contributed by atoms with E-state index in [9.17, 15) is 14.7 Å². The van der Waals surface area contributed by atoms with Crippen LogP contribution in [-0.4, -0.2) is 37.8 Å². The summed E-state index contributed by atoms with van der Waals surface area (Å²) in [6, 6.07) is 7.46. The molecule has 0 bridgehead atoms. The molecular weight excluding hydrogens is 374 g/mol. The Balaban J connectivity index is 2.34. The molecule has 144 valence electrons. The van der Waals surface area contributed by atoms with E-state index in [1.54, 1.807) is 6.07 Å². The van der Waals surface area contributed by atoms with Gasteiger partial charge in [-0.05, 0) is 42.8 Å². The molecule has 0 saturated carbocycles. The van der Waals surface area contributed by atoms with Crippen molar-refractivity contribution >= 4 is 29.2 Å². The lowest BCUT2D eigenvalue weighted by molar-refractivity contribution is 0.0696. The Labute approximate surface area is 161 Å². The summed E-state index contributed by atoms with van der Waals surface area (Å²) in [5, 5.41) is 12.1. The van der Waals surface area contributed by atoms with Gasteiger partial charge in [0, 0.05) is 18.4 Å². The molecule has 2 aromatic rings. The number of halogens is 1. The third-order valence-corrected chi connectivity index (χ3v) is 3.87. The summed E-state index contributed by atoms with van der Waals surface area (Å²) in [6.07, 6.45) is 0. The van der Waals surface area contributed by atoms with Gasteiger partial charge in [0.2, 0.25) is 0 Å². The Morgan fingerprint density at radius 3 is 2.44 bits per heavy atom. The van der Waals surface area contributed by atoms with E-state index in [2.05, 4.69) is 5.32 Å². The molecular formula is C19H20ClNO6. The first-order valence-corrected chi connectivity index (χ1v) is 8.45. The molecule has 0 fully saturated rings. The molecule has 0 unspecified atom stereocenters. The minimum atomic E-state index is -1.10. The number of amides is 1. The molecule has 0 heterocycles. The molecule has 0 aliphatic rings. The highest BCUT2D eigenvalue weighted by molar-refractivity contribution is 6.32. The van der Waals surface area contributed by atoms with Crippen LogP contribution >= 0.6 is 11.6 Å². The maximum absolute atomic E-state index is 12.6. The Kier molecular flexibility index (Phi) is 7.04. The van der Waals surface area contributed by atoms with Crippen LogP contribution in [0.1, 0.15) is 33.2 Å². The highest BCUT2D eigenvalue weighted by Crippen LogP contribution is 2.36. The highest BCUT2D eigenvalue weighted by Gasteiger charge is 2.17. The summed E-state index contributed by atoms with van der Waals surface area (Å²) in [6.45, 7) is 2.42. The van der Waals surface area contributed by atoms with E-state index in [0.717, 1.165) is 0 Å². The van der Waals surface area contributed by atoms with Crippen molar-refractivity contribution in [1.29, 1.82) is 0 Å². The van der Waals surface area contributed by atoms with Gasteiger partial charge in [-0.3, -0.25) is 4.79 Å². The van der Waals surface area contributed by atoms with Crippen molar-refractivity contribution in [2.24, 2.45) is 0 Å². The van der Waals surface area contributed by atoms with E-state index in [0.29, 0.717) is 29.4 Å². The fraction of sp³-hybridized carbons (Fsp3) is 0.263. The first-order valence-electron chi connectivity index (χ1n) is 8.07. The molecule has 8 heteroatoms. The average molecular weight is 394 g/mol. The summed E-state index contributed by atoms with van der Waals surface area (Å²) in [7, 11) is 2.95. The Bertz CT molecular complexity index is 852. The molecule has 2 rings (SSSR count). The summed E-state index contributed by atoms with van der Waals surface area (Å²) in [5.41, 5.74) is 1.24. The summed E-state index contributed by atoms with van der Waals surface area (Å²) in [4.78, 5) is 23.9. The second-order valence-electron chi connectivity index (χ2n) is 5.53. The third kappa shape index (κ3) is 5.12. The van der Waals surface area contributed by atoms with Crippen LogP contribution in [0, 0.1) is 0 Å². The topological polar surface area (TPSA) is 94.1 Å². The first kappa shape index (κ1) is 20.5. The molecule has 0 aromatic heterocycles. The van der Waals surface area contributed by atoms with Gasteiger partial charge in [-0.2, -0.15) is 0 Å². The molecule has 0 radical (unpaired) electrons. The number of benzene rings is 2. The van der Waals surface area contributed by atoms with Crippen molar-refractivity contribution in [1.82, 2.24) is 0 Å². The van der Waals surface area contributed by atoms with E-state index in [4.69, 9.17) is 25.8 Å². The van der Waals surface area contributed by atoms with Gasteiger partial charge in [-0.15, -0.1) is 0 Å². The number of carbonyl (C=O) groups is 2. The highest BCUT2D eigenvalue weighted by atomic mass is 35.5. The van der Waals surface area contributed by atoms with Crippen LogP contribution in [0.4, 0.5) is 5.69 Å². The van der Waals surface area contributed by atoms with E-state index < -0.39 is 11.9 Å². The predicted octanol–water partition coefficient (Wildman–Crippen LogP) is 3.84. The minimum absolute atomic E-state index is 0.0437. The summed E-state index contributed by atoms with van der Waals surface area (Å²) >= 11 is 6.19. The Morgan fingerprint density at radius 2 is 1.85 bits per heavy atom. The Morgan fingerprint density at radius 1 is 1.11 bits per heavy atom. The molecule has 7 nitrogen and oxygen atoms in total. The van der Waals surface area contributed by atoms with Crippen LogP contribution in [0.15, 0.2) is 30.3 Å². The van der Waals surface area contributed by atoms with E-state index >= 15 is 0 Å². The van der Waals surface area contributed by atoms with Crippen molar-refractivity contribution in [3.05, 3.63) is 52.0 Å². The van der Waals surface area contributed by atoms with Gasteiger partial charge in [0.1, 0.15) is 0 Å². The lowest BCUT2D eigenvalue weighted by atomic mass is 10.1. The second kappa shape index (κ2) is 9.25. The standard InChI is InChI=1S/C19H20ClNO6/c1-4-27-17-15(20)8-12(9-16(17)26-3)18(22)21-14-6-11(10-25-2)5-13(7-14)19(23)24/h5-9H,4,10H2,1-3H3,(H,21,22)(H,23,24). The van der Waals surface area contributed by atoms with Crippen molar-refractivity contribution < 1.29 is 28.9 Å². The fourth-order valence-electron chi connectivity index (χ4n) is 2.48. The first-order chi connectivity index (χ1) is 12.9. The third-order valence-electron chi connectivity index (χ3n) is 3.59. The number of methoxy groups -OCH3 is 2. The maximum atomic E-state index is 12.6. The Hall–Kier alpha value is -2.77. The van der Waals surface area contributed by atoms with Gasteiger partial charge < -0.3 is 24.6 Å². The number of rotatable bonds is 8. The SMILES string of the molecule is CCOc1c(Cl)cc(C(=O)Nc2cc(COC)cc(C(=O)O)c2)cc1OC. The lowest BCUT2D eigenvalue weighted by Gasteiger charge is -2.14. The van der Waals surface area contributed by atoms with Gasteiger partial charge >= 0.3 is 5.97 Å². The largest absolute Gasteiger partial charge is 0.493 e. The zero-order chi connectivity index (χ0) is 20.0. The molecule has 1 amide bonds. The van der Waals surface area contributed by atoms with Gasteiger partial charge in [-0.1, -0.05) is 11.6 Å². The van der Waals surface area contributed by atoms with Gasteiger partial charge in [0.25, 0.3) is 5.91 Å². The number of anilines is 1. The molecule has 2 N–H and O–H groups in total. The monoisotopic (exact) mass is 393 g/mol. The quantitative estimate of drug-likeness (QED) is 0.707. The van der Waals surface area contributed by atoms with Crippen LogP contribution in [0.5, 0.6) is 11.5 Å². The van der Waals surface area contributed by atoms with Crippen LogP contribution in [0.25, 0.3) is 0 Å². The zero-order valence-electron chi connectivity index (χ0n) is 15.2. The smallest absolute Gasteiger partial charge is 0.335 e. The molecule has 0 aliphatic heterocycles. The average Bonchev–Trinajstić information content (AvgIpc) is 2.63. The second-order valence-corrected chi connectivity index (χ2v) is 5.94. The van der Waals surface area contributed by atoms with Crippen molar-refractivity contribution in [2.45, 2.75) is 13.5 Å². The fourth-order valence-corrected chi connectivity index (χ4v) is 2.74. The number of carboxylic acids is 1. The van der Waals surface area contributed by atoms with Gasteiger partial charge in [0.05, 0.1) is 30.9 Å². The zero-order valence-corrected chi connectivity index (χ0v) is 15.9. The van der Waals surface area contributed by atoms with Crippen LogP contribution in [-0.2, 0) is 11.3 Å². The predicted molar refractivity (Wildman–Crippen MR) is 101 cm³/mol. The van der Waals surface area contributed by atoms with Crippen molar-refractivity contribution in [3.8, 4) is 11.5 Å². The van der Waals surface area contributed by atoms with E-state index in [1.807, 2.05) is 6.92 Å². The van der Waals surface area contributed by atoms with E-state index in [1.165, 1.54) is 38.5 Å². The number of hydrogen-bond acceptors (Lipinski definition) is 5. The summed E-state index contributed by atoms with van der Waals surface area (Å²) in [5.74, 6) is -0.888. The minimum Gasteiger partial charge on any atom is -0.493 e. The molecule has 0 atom stereocenters. The number of hydrogen-bond donors (Lipinski definition) is 2. The molecule has 0 aliphatic carbocycles. The van der Waals surface area contributed by atoms with E-state index in [-0.39, 0.29) is 22.8 Å². The normalized spacial score (nSPS) is 10.4. The van der Waals surface area contributed by atoms with Crippen molar-refractivity contribution in [3.63, 3.8) is 0 Å². The number of nitrogens with one attached hydrogen (secondary N) is 1.